The summed E-state index contributed by atoms with van der Waals surface area (Å²) in [4.78, 5) is 30.8. The zero-order valence-corrected chi connectivity index (χ0v) is 23.7. The number of primary amides is 1. The number of anilines is 1. The molecule has 0 radical (unpaired) electrons. The number of ether oxygens (including phenoxy) is 1. The van der Waals surface area contributed by atoms with Crippen LogP contribution in [0.3, 0.4) is 0 Å². The highest BCUT2D eigenvalue weighted by Gasteiger charge is 2.27. The van der Waals surface area contributed by atoms with Gasteiger partial charge < -0.3 is 20.3 Å². The lowest BCUT2D eigenvalue weighted by atomic mass is 9.98. The molecule has 1 atom stereocenters. The molecule has 0 aromatic heterocycles. The molecule has 8 nitrogen and oxygen atoms in total. The van der Waals surface area contributed by atoms with Crippen molar-refractivity contribution in [1.82, 2.24) is 9.80 Å². The molecule has 3 aromatic carbocycles. The largest absolute Gasteiger partial charge is 0.379 e. The molecule has 10 heteroatoms. The lowest BCUT2D eigenvalue weighted by molar-refractivity contribution is -0.129. The number of halogens is 2. The fourth-order valence-electron chi connectivity index (χ4n) is 4.74. The van der Waals surface area contributed by atoms with Gasteiger partial charge >= 0.3 is 0 Å². The van der Waals surface area contributed by atoms with Gasteiger partial charge in [-0.15, -0.1) is 0 Å². The Hall–Kier alpha value is -3.61. The number of nitrogens with two attached hydrogens (primary N) is 1. The molecular formula is C30H31Cl2N5O3. The van der Waals surface area contributed by atoms with Crippen molar-refractivity contribution in [3.63, 3.8) is 0 Å². The third-order valence-corrected chi connectivity index (χ3v) is 7.66. The molecule has 1 unspecified atom stereocenters. The minimum atomic E-state index is -0.562. The summed E-state index contributed by atoms with van der Waals surface area (Å²) in [7, 11) is 1.76. The molecule has 0 bridgehead atoms. The van der Waals surface area contributed by atoms with Crippen LogP contribution in [-0.4, -0.2) is 74.6 Å². The third-order valence-electron chi connectivity index (χ3n) is 6.92. The van der Waals surface area contributed by atoms with E-state index >= 15 is 0 Å². The zero-order chi connectivity index (χ0) is 28.6. The van der Waals surface area contributed by atoms with Crippen LogP contribution in [0.2, 0.25) is 10.0 Å². The van der Waals surface area contributed by atoms with Gasteiger partial charge in [0.05, 0.1) is 54.0 Å². The lowest BCUT2D eigenvalue weighted by Crippen LogP contribution is -2.47. The fraction of sp³-hybridized carbons (Fsp3) is 0.300. The Morgan fingerprint density at radius 1 is 1.00 bits per heavy atom. The third kappa shape index (κ3) is 7.52. The quantitative estimate of drug-likeness (QED) is 0.383. The summed E-state index contributed by atoms with van der Waals surface area (Å²) in [6.07, 6.45) is 0. The van der Waals surface area contributed by atoms with Gasteiger partial charge in [-0.05, 0) is 47.0 Å². The molecule has 2 N–H and O–H groups in total. The molecule has 3 aromatic rings. The van der Waals surface area contributed by atoms with E-state index in [1.165, 1.54) is 0 Å². The Morgan fingerprint density at radius 3 is 2.38 bits per heavy atom. The Kier molecular flexibility index (Phi) is 10.0. The molecule has 1 aliphatic heterocycles. The first-order valence-corrected chi connectivity index (χ1v) is 13.7. The molecule has 1 heterocycles. The molecule has 1 saturated heterocycles. The van der Waals surface area contributed by atoms with Crippen LogP contribution in [-0.2, 0) is 14.3 Å². The van der Waals surface area contributed by atoms with E-state index in [4.69, 9.17) is 33.7 Å². The monoisotopic (exact) mass is 579 g/mol. The molecule has 208 valence electrons. The van der Waals surface area contributed by atoms with E-state index in [1.54, 1.807) is 41.1 Å². The topological polar surface area (TPSA) is 103 Å². The molecule has 0 saturated carbocycles. The van der Waals surface area contributed by atoms with Gasteiger partial charge in [-0.25, -0.2) is 0 Å². The van der Waals surface area contributed by atoms with E-state index in [0.717, 1.165) is 29.8 Å². The Labute approximate surface area is 244 Å². The first kappa shape index (κ1) is 29.4. The summed E-state index contributed by atoms with van der Waals surface area (Å²) in [5.74, 6) is -0.733. The zero-order valence-electron chi connectivity index (χ0n) is 22.2. The smallest absolute Gasteiger partial charge is 0.241 e. The van der Waals surface area contributed by atoms with Crippen molar-refractivity contribution in [3.05, 3.63) is 87.9 Å². The van der Waals surface area contributed by atoms with Gasteiger partial charge in [-0.1, -0.05) is 59.6 Å². The van der Waals surface area contributed by atoms with Crippen molar-refractivity contribution in [2.45, 2.75) is 6.04 Å². The van der Waals surface area contributed by atoms with Crippen LogP contribution in [0.5, 0.6) is 0 Å². The Balaban J connectivity index is 1.53. The normalized spacial score (nSPS) is 14.2. The summed E-state index contributed by atoms with van der Waals surface area (Å²) < 4.78 is 5.57. The summed E-state index contributed by atoms with van der Waals surface area (Å²) >= 11 is 12.2. The van der Waals surface area contributed by atoms with E-state index < -0.39 is 5.91 Å². The molecule has 1 fully saturated rings. The van der Waals surface area contributed by atoms with Crippen molar-refractivity contribution in [1.29, 1.82) is 5.26 Å². The number of carbonyl (C=O) groups excluding carboxylic acids is 2. The molecule has 0 spiro atoms. The average Bonchev–Trinajstić information content (AvgIpc) is 2.97. The van der Waals surface area contributed by atoms with Crippen molar-refractivity contribution in [2.24, 2.45) is 5.73 Å². The van der Waals surface area contributed by atoms with Gasteiger partial charge in [0.15, 0.2) is 0 Å². The molecule has 4 rings (SSSR count). The average molecular weight is 581 g/mol. The Bertz CT molecular complexity index is 1390. The lowest BCUT2D eigenvalue weighted by Gasteiger charge is -2.37. The van der Waals surface area contributed by atoms with Crippen LogP contribution in [0.1, 0.15) is 17.2 Å². The van der Waals surface area contributed by atoms with E-state index in [9.17, 15) is 14.9 Å². The van der Waals surface area contributed by atoms with Crippen LogP contribution in [0.15, 0.2) is 66.7 Å². The number of nitrogens with zero attached hydrogens (tertiary/aromatic N) is 4. The predicted molar refractivity (Wildman–Crippen MR) is 157 cm³/mol. The maximum absolute atomic E-state index is 13.4. The van der Waals surface area contributed by atoms with Crippen LogP contribution in [0.4, 0.5) is 5.69 Å². The first-order chi connectivity index (χ1) is 19.2. The highest BCUT2D eigenvalue weighted by atomic mass is 35.5. The first-order valence-electron chi connectivity index (χ1n) is 12.9. The van der Waals surface area contributed by atoms with E-state index in [0.29, 0.717) is 41.1 Å². The van der Waals surface area contributed by atoms with Crippen LogP contribution in [0.25, 0.3) is 11.1 Å². The number of morpholine rings is 1. The minimum absolute atomic E-state index is 0.0542. The number of hydrogen-bond donors (Lipinski definition) is 1. The minimum Gasteiger partial charge on any atom is -0.379 e. The maximum atomic E-state index is 13.4. The SMILES string of the molecule is CN(CC(c1ccc(-c2cccc(C#N)c2)cc1)N1CCOCC1)C(=O)CN(CC(N)=O)c1ccc(Cl)c(Cl)c1. The number of carbonyl (C=O) groups is 2. The van der Waals surface area contributed by atoms with Crippen LogP contribution in [0, 0.1) is 11.3 Å². The van der Waals surface area contributed by atoms with E-state index in [1.807, 2.05) is 30.3 Å². The second kappa shape index (κ2) is 13.6. The van der Waals surface area contributed by atoms with E-state index in [-0.39, 0.29) is 25.0 Å². The summed E-state index contributed by atoms with van der Waals surface area (Å²) in [6.45, 7) is 2.98. The van der Waals surface area contributed by atoms with Gasteiger partial charge in [-0.3, -0.25) is 14.5 Å². The van der Waals surface area contributed by atoms with Crippen molar-refractivity contribution >= 4 is 40.7 Å². The summed E-state index contributed by atoms with van der Waals surface area (Å²) in [5, 5.41) is 9.95. The Morgan fingerprint density at radius 2 is 1.73 bits per heavy atom. The molecule has 1 aliphatic rings. The van der Waals surface area contributed by atoms with E-state index in [2.05, 4.69) is 23.1 Å². The summed E-state index contributed by atoms with van der Waals surface area (Å²) in [6, 6.07) is 22.8. The molecular weight excluding hydrogens is 549 g/mol. The summed E-state index contributed by atoms with van der Waals surface area (Å²) in [5.41, 5.74) is 9.71. The second-order valence-corrected chi connectivity index (χ2v) is 10.5. The maximum Gasteiger partial charge on any atom is 0.241 e. The van der Waals surface area contributed by atoms with Gasteiger partial charge in [0.25, 0.3) is 0 Å². The highest BCUT2D eigenvalue weighted by molar-refractivity contribution is 6.42. The molecule has 40 heavy (non-hydrogen) atoms. The fourth-order valence-corrected chi connectivity index (χ4v) is 5.03. The van der Waals surface area contributed by atoms with Crippen LogP contribution < -0.4 is 10.6 Å². The van der Waals surface area contributed by atoms with Gasteiger partial charge in [0.2, 0.25) is 11.8 Å². The number of amides is 2. The van der Waals surface area contributed by atoms with Crippen molar-refractivity contribution in [2.75, 3.05) is 57.9 Å². The molecule has 0 aliphatic carbocycles. The number of rotatable bonds is 10. The molecule has 2 amide bonds. The number of nitriles is 1. The number of benzene rings is 3. The van der Waals surface area contributed by atoms with Crippen molar-refractivity contribution in [3.8, 4) is 17.2 Å². The second-order valence-electron chi connectivity index (χ2n) is 9.67. The van der Waals surface area contributed by atoms with Gasteiger partial charge in [-0.2, -0.15) is 5.26 Å². The number of hydrogen-bond acceptors (Lipinski definition) is 6. The standard InChI is InChI=1S/C30H31Cl2N5O3/c1-35(30(39)20-37(19-29(34)38)25-9-10-26(31)27(32)16-25)18-28(36-11-13-40-14-12-36)23-7-5-22(6-8-23)24-4-2-3-21(15-24)17-33/h2-10,15-16,28H,11-14,18-20H2,1H3,(H2,34,38). The predicted octanol–water partition coefficient (Wildman–Crippen LogP) is 4.36. The number of likely N-dealkylation sites (N-methyl/N-ethyl adjacent to an activating group) is 1. The van der Waals surface area contributed by atoms with Crippen molar-refractivity contribution < 1.29 is 14.3 Å². The van der Waals surface area contributed by atoms with Gasteiger partial charge in [0, 0.05) is 32.4 Å². The van der Waals surface area contributed by atoms with Crippen LogP contribution >= 0.6 is 23.2 Å². The van der Waals surface area contributed by atoms with Gasteiger partial charge in [0.1, 0.15) is 0 Å². The highest BCUT2D eigenvalue weighted by Crippen LogP contribution is 2.29.